The average molecular weight is 291 g/mol. The van der Waals surface area contributed by atoms with E-state index in [0.29, 0.717) is 17.1 Å². The Bertz CT molecular complexity index is 616. The first-order valence-corrected chi connectivity index (χ1v) is 6.38. The second-order valence-corrected chi connectivity index (χ2v) is 4.74. The van der Waals surface area contributed by atoms with Crippen LogP contribution in [-0.4, -0.2) is 23.1 Å². The third-order valence-corrected chi connectivity index (χ3v) is 3.19. The number of amidine groups is 1. The molecule has 0 amide bonds. The fourth-order valence-corrected chi connectivity index (χ4v) is 2.18. The van der Waals surface area contributed by atoms with E-state index in [-0.39, 0.29) is 5.84 Å². The molecule has 0 saturated carbocycles. The highest BCUT2D eigenvalue weighted by atomic mass is 35.5. The highest BCUT2D eigenvalue weighted by Crippen LogP contribution is 2.26. The smallest absolute Gasteiger partial charge is 0.170 e. The third-order valence-electron chi connectivity index (χ3n) is 2.89. The zero-order chi connectivity index (χ0) is 14.5. The predicted molar refractivity (Wildman–Crippen MR) is 80.3 cm³/mol. The molecule has 5 nitrogen and oxygen atoms in total. The van der Waals surface area contributed by atoms with Gasteiger partial charge in [0.2, 0.25) is 0 Å². The van der Waals surface area contributed by atoms with Crippen molar-refractivity contribution >= 4 is 23.1 Å². The Kier molecular flexibility index (Phi) is 4.42. The predicted octanol–water partition coefficient (Wildman–Crippen LogP) is 2.47. The number of oxime groups is 1. The summed E-state index contributed by atoms with van der Waals surface area (Å²) in [6, 6.07) is 11.0. The van der Waals surface area contributed by atoms with Gasteiger partial charge in [0, 0.05) is 18.8 Å². The van der Waals surface area contributed by atoms with Gasteiger partial charge < -0.3 is 15.8 Å². The fourth-order valence-electron chi connectivity index (χ4n) is 1.85. The lowest BCUT2D eigenvalue weighted by Gasteiger charge is -2.20. The van der Waals surface area contributed by atoms with Gasteiger partial charge in [-0.3, -0.25) is 4.98 Å². The van der Waals surface area contributed by atoms with Crippen molar-refractivity contribution in [1.82, 2.24) is 4.98 Å². The van der Waals surface area contributed by atoms with Crippen molar-refractivity contribution in [3.63, 3.8) is 0 Å². The van der Waals surface area contributed by atoms with Crippen LogP contribution in [0.1, 0.15) is 11.3 Å². The van der Waals surface area contributed by atoms with Crippen molar-refractivity contribution in [2.24, 2.45) is 10.9 Å². The molecule has 1 aromatic heterocycles. The Morgan fingerprint density at radius 2 is 2.20 bits per heavy atom. The summed E-state index contributed by atoms with van der Waals surface area (Å²) in [5, 5.41) is 12.1. The van der Waals surface area contributed by atoms with Crippen molar-refractivity contribution in [3.8, 4) is 0 Å². The lowest BCUT2D eigenvalue weighted by Crippen LogP contribution is -2.18. The van der Waals surface area contributed by atoms with Gasteiger partial charge in [-0.1, -0.05) is 22.8 Å². The third kappa shape index (κ3) is 3.19. The molecule has 0 aliphatic rings. The number of halogens is 1. The standard InChI is InChI=1S/C14H15ClN4O/c1-19(9-11-4-2-3-7-17-11)13-6-5-10(8-12(13)15)14(16)18-20/h2-8,20H,9H2,1H3,(H2,16,18). The molecule has 3 N–H and O–H groups in total. The summed E-state index contributed by atoms with van der Waals surface area (Å²) in [5.41, 5.74) is 7.91. The van der Waals surface area contributed by atoms with Crippen LogP contribution in [0.2, 0.25) is 5.02 Å². The van der Waals surface area contributed by atoms with Gasteiger partial charge in [-0.2, -0.15) is 0 Å². The van der Waals surface area contributed by atoms with Crippen molar-refractivity contribution in [1.29, 1.82) is 0 Å². The lowest BCUT2D eigenvalue weighted by atomic mass is 10.2. The van der Waals surface area contributed by atoms with Crippen LogP contribution in [0.3, 0.4) is 0 Å². The molecule has 0 radical (unpaired) electrons. The number of hydrogen-bond acceptors (Lipinski definition) is 4. The van der Waals surface area contributed by atoms with Crippen LogP contribution in [-0.2, 0) is 6.54 Å². The largest absolute Gasteiger partial charge is 0.409 e. The number of aromatic nitrogens is 1. The van der Waals surface area contributed by atoms with Crippen LogP contribution in [0.5, 0.6) is 0 Å². The summed E-state index contributed by atoms with van der Waals surface area (Å²) < 4.78 is 0. The molecule has 2 rings (SSSR count). The van der Waals surface area contributed by atoms with Gasteiger partial charge in [-0.05, 0) is 30.3 Å². The van der Waals surface area contributed by atoms with E-state index < -0.39 is 0 Å². The van der Waals surface area contributed by atoms with Crippen molar-refractivity contribution < 1.29 is 5.21 Å². The summed E-state index contributed by atoms with van der Waals surface area (Å²) in [7, 11) is 1.93. The molecule has 6 heteroatoms. The van der Waals surface area contributed by atoms with E-state index in [0.717, 1.165) is 11.4 Å². The van der Waals surface area contributed by atoms with Gasteiger partial charge >= 0.3 is 0 Å². The molecule has 2 aromatic rings. The number of nitrogens with zero attached hydrogens (tertiary/aromatic N) is 3. The number of pyridine rings is 1. The average Bonchev–Trinajstić information content (AvgIpc) is 2.47. The summed E-state index contributed by atoms with van der Waals surface area (Å²) >= 11 is 6.24. The number of benzene rings is 1. The maximum Gasteiger partial charge on any atom is 0.170 e. The normalized spacial score (nSPS) is 11.4. The molecule has 0 fully saturated rings. The first kappa shape index (κ1) is 14.1. The number of rotatable bonds is 4. The molecule has 104 valence electrons. The Hall–Kier alpha value is -2.27. The summed E-state index contributed by atoms with van der Waals surface area (Å²) in [6.45, 7) is 0.642. The van der Waals surface area contributed by atoms with E-state index >= 15 is 0 Å². The van der Waals surface area contributed by atoms with E-state index in [1.165, 1.54) is 0 Å². The zero-order valence-corrected chi connectivity index (χ0v) is 11.7. The van der Waals surface area contributed by atoms with E-state index in [1.807, 2.05) is 36.2 Å². The van der Waals surface area contributed by atoms with Crippen LogP contribution in [0, 0.1) is 0 Å². The number of anilines is 1. The SMILES string of the molecule is CN(Cc1ccccn1)c1ccc(C(N)=NO)cc1Cl. The van der Waals surface area contributed by atoms with Gasteiger partial charge in [-0.15, -0.1) is 0 Å². The number of nitrogens with two attached hydrogens (primary N) is 1. The highest BCUT2D eigenvalue weighted by Gasteiger charge is 2.09. The van der Waals surface area contributed by atoms with Crippen molar-refractivity contribution in [2.45, 2.75) is 6.54 Å². The molecule has 0 saturated heterocycles. The molecule has 0 unspecified atom stereocenters. The minimum Gasteiger partial charge on any atom is -0.409 e. The maximum atomic E-state index is 8.65. The molecule has 0 spiro atoms. The molecule has 20 heavy (non-hydrogen) atoms. The fraction of sp³-hybridized carbons (Fsp3) is 0.143. The molecular weight excluding hydrogens is 276 g/mol. The van der Waals surface area contributed by atoms with Gasteiger partial charge in [0.1, 0.15) is 0 Å². The monoisotopic (exact) mass is 290 g/mol. The van der Waals surface area contributed by atoms with Crippen molar-refractivity contribution in [2.75, 3.05) is 11.9 Å². The first-order chi connectivity index (χ1) is 9.61. The second-order valence-electron chi connectivity index (χ2n) is 4.33. The molecule has 0 bridgehead atoms. The van der Waals surface area contributed by atoms with E-state index in [9.17, 15) is 0 Å². The van der Waals surface area contributed by atoms with E-state index in [1.54, 1.807) is 18.3 Å². The lowest BCUT2D eigenvalue weighted by molar-refractivity contribution is 0.318. The molecule has 1 heterocycles. The maximum absolute atomic E-state index is 8.65. The van der Waals surface area contributed by atoms with Crippen LogP contribution >= 0.6 is 11.6 Å². The van der Waals surface area contributed by atoms with Crippen LogP contribution in [0.15, 0.2) is 47.8 Å². The molecule has 0 atom stereocenters. The molecular formula is C14H15ClN4O. The Balaban J connectivity index is 2.20. The number of hydrogen-bond donors (Lipinski definition) is 2. The van der Waals surface area contributed by atoms with Gasteiger partial charge in [0.25, 0.3) is 0 Å². The topological polar surface area (TPSA) is 74.7 Å². The first-order valence-electron chi connectivity index (χ1n) is 6.00. The zero-order valence-electron chi connectivity index (χ0n) is 11.0. The summed E-state index contributed by atoms with van der Waals surface area (Å²) in [5.74, 6) is 0.0332. The second kappa shape index (κ2) is 6.25. The summed E-state index contributed by atoms with van der Waals surface area (Å²) in [4.78, 5) is 6.26. The van der Waals surface area contributed by atoms with E-state index in [2.05, 4.69) is 10.1 Å². The highest BCUT2D eigenvalue weighted by molar-refractivity contribution is 6.33. The molecule has 0 aliphatic heterocycles. The Morgan fingerprint density at radius 3 is 2.80 bits per heavy atom. The van der Waals surface area contributed by atoms with Crippen LogP contribution in [0.4, 0.5) is 5.69 Å². The minimum atomic E-state index is 0.0332. The summed E-state index contributed by atoms with van der Waals surface area (Å²) in [6.07, 6.45) is 1.76. The van der Waals surface area contributed by atoms with Crippen molar-refractivity contribution in [3.05, 3.63) is 58.9 Å². The minimum absolute atomic E-state index is 0.0332. The Labute approximate surface area is 122 Å². The molecule has 0 aliphatic carbocycles. The van der Waals surface area contributed by atoms with Crippen LogP contribution in [0.25, 0.3) is 0 Å². The molecule has 1 aromatic carbocycles. The van der Waals surface area contributed by atoms with Gasteiger partial charge in [0.15, 0.2) is 5.84 Å². The van der Waals surface area contributed by atoms with E-state index in [4.69, 9.17) is 22.5 Å². The van der Waals surface area contributed by atoms with Gasteiger partial charge in [0.05, 0.1) is 22.9 Å². The van der Waals surface area contributed by atoms with Crippen LogP contribution < -0.4 is 10.6 Å². The van der Waals surface area contributed by atoms with Gasteiger partial charge in [-0.25, -0.2) is 0 Å². The Morgan fingerprint density at radius 1 is 1.40 bits per heavy atom. The quantitative estimate of drug-likeness (QED) is 0.393.